The molecule has 3 amide bonds. The summed E-state index contributed by atoms with van der Waals surface area (Å²) in [5, 5.41) is 0. The Kier molecular flexibility index (Phi) is 7.16. The summed E-state index contributed by atoms with van der Waals surface area (Å²) in [5.41, 5.74) is 0.812. The maximum atomic E-state index is 13.0. The molecule has 0 aromatic heterocycles. The Balaban J connectivity index is 1.75. The monoisotopic (exact) mass is 452 g/mol. The fourth-order valence-electron chi connectivity index (χ4n) is 3.92. The van der Waals surface area contributed by atoms with Crippen LogP contribution < -0.4 is 9.64 Å². The fourth-order valence-corrected chi connectivity index (χ4v) is 3.92. The molecule has 3 rings (SSSR count). The van der Waals surface area contributed by atoms with Crippen molar-refractivity contribution >= 4 is 29.4 Å². The van der Waals surface area contributed by atoms with Gasteiger partial charge in [0.25, 0.3) is 17.7 Å². The molecule has 1 aliphatic rings. The largest absolute Gasteiger partial charge is 0.494 e. The zero-order valence-corrected chi connectivity index (χ0v) is 19.5. The minimum atomic E-state index is -0.738. The van der Waals surface area contributed by atoms with Crippen molar-refractivity contribution in [1.82, 2.24) is 4.90 Å². The number of imide groups is 1. The summed E-state index contributed by atoms with van der Waals surface area (Å²) in [5.74, 6) is -1.42. The van der Waals surface area contributed by atoms with Crippen LogP contribution in [0.4, 0.5) is 5.69 Å². The van der Waals surface area contributed by atoms with E-state index in [0.29, 0.717) is 18.0 Å². The van der Waals surface area contributed by atoms with Gasteiger partial charge in [0.15, 0.2) is 6.61 Å². The highest BCUT2D eigenvalue weighted by atomic mass is 16.5. The number of esters is 1. The summed E-state index contributed by atoms with van der Waals surface area (Å²) in [7, 11) is 0. The summed E-state index contributed by atoms with van der Waals surface area (Å²) >= 11 is 0. The highest BCUT2D eigenvalue weighted by Gasteiger charge is 2.37. The van der Waals surface area contributed by atoms with Crippen LogP contribution in [0, 0.1) is 0 Å². The molecule has 0 saturated heterocycles. The molecule has 0 bridgehead atoms. The van der Waals surface area contributed by atoms with Crippen molar-refractivity contribution in [2.45, 2.75) is 46.7 Å². The smallest absolute Gasteiger partial charge is 0.338 e. The second kappa shape index (κ2) is 9.85. The number of carbonyl (C=O) groups is 4. The lowest BCUT2D eigenvalue weighted by molar-refractivity contribution is -0.138. The summed E-state index contributed by atoms with van der Waals surface area (Å²) in [6.07, 6.45) is 0. The molecule has 8 heteroatoms. The van der Waals surface area contributed by atoms with Gasteiger partial charge in [-0.2, -0.15) is 0 Å². The molecule has 174 valence electrons. The van der Waals surface area contributed by atoms with Gasteiger partial charge in [-0.15, -0.1) is 0 Å². The molecular weight excluding hydrogens is 424 g/mol. The van der Waals surface area contributed by atoms with Crippen molar-refractivity contribution in [3.63, 3.8) is 0 Å². The lowest BCUT2D eigenvalue weighted by Gasteiger charge is -2.30. The van der Waals surface area contributed by atoms with E-state index in [1.165, 1.54) is 18.2 Å². The van der Waals surface area contributed by atoms with Gasteiger partial charge in [-0.05, 0) is 77.1 Å². The molecule has 1 heterocycles. The Morgan fingerprint density at radius 3 is 2.09 bits per heavy atom. The first-order valence-corrected chi connectivity index (χ1v) is 10.9. The first-order chi connectivity index (χ1) is 15.6. The molecule has 0 saturated carbocycles. The van der Waals surface area contributed by atoms with Gasteiger partial charge >= 0.3 is 5.97 Å². The molecule has 0 spiro atoms. The van der Waals surface area contributed by atoms with E-state index in [1.54, 1.807) is 29.2 Å². The molecule has 2 aromatic rings. The van der Waals surface area contributed by atoms with Crippen LogP contribution in [0.2, 0.25) is 0 Å². The zero-order chi connectivity index (χ0) is 24.3. The van der Waals surface area contributed by atoms with Gasteiger partial charge in [-0.1, -0.05) is 0 Å². The average Bonchev–Trinajstić information content (AvgIpc) is 3.02. The second-order valence-electron chi connectivity index (χ2n) is 8.20. The predicted molar refractivity (Wildman–Crippen MR) is 123 cm³/mol. The van der Waals surface area contributed by atoms with Crippen molar-refractivity contribution in [3.8, 4) is 5.75 Å². The van der Waals surface area contributed by atoms with E-state index < -0.39 is 24.4 Å². The van der Waals surface area contributed by atoms with Crippen molar-refractivity contribution in [2.24, 2.45) is 0 Å². The average molecular weight is 453 g/mol. The summed E-state index contributed by atoms with van der Waals surface area (Å²) in [6, 6.07) is 10.7. The number of amides is 3. The van der Waals surface area contributed by atoms with Crippen LogP contribution in [-0.4, -0.2) is 53.9 Å². The Labute approximate surface area is 193 Å². The number of anilines is 1. The molecule has 0 fully saturated rings. The Bertz CT molecular complexity index is 1070. The van der Waals surface area contributed by atoms with Crippen LogP contribution in [0.15, 0.2) is 42.5 Å². The van der Waals surface area contributed by atoms with Gasteiger partial charge in [0.05, 0.1) is 29.0 Å². The number of hydrogen-bond donors (Lipinski definition) is 0. The third-order valence-electron chi connectivity index (χ3n) is 5.26. The minimum Gasteiger partial charge on any atom is -0.494 e. The van der Waals surface area contributed by atoms with Crippen LogP contribution in [0.3, 0.4) is 0 Å². The van der Waals surface area contributed by atoms with Gasteiger partial charge in [0.1, 0.15) is 5.75 Å². The molecule has 0 radical (unpaired) electrons. The number of fused-ring (bicyclic) bond motifs is 1. The normalized spacial score (nSPS) is 12.9. The van der Waals surface area contributed by atoms with E-state index in [2.05, 4.69) is 0 Å². The molecule has 0 N–H and O–H groups in total. The van der Waals surface area contributed by atoms with Crippen molar-refractivity contribution in [3.05, 3.63) is 59.2 Å². The molecule has 0 atom stereocenters. The van der Waals surface area contributed by atoms with Crippen LogP contribution in [0.1, 0.15) is 65.7 Å². The van der Waals surface area contributed by atoms with Gasteiger partial charge in [-0.3, -0.25) is 14.4 Å². The zero-order valence-electron chi connectivity index (χ0n) is 19.5. The third kappa shape index (κ3) is 4.89. The van der Waals surface area contributed by atoms with Crippen molar-refractivity contribution < 1.29 is 28.7 Å². The molecule has 8 nitrogen and oxygen atoms in total. The van der Waals surface area contributed by atoms with Gasteiger partial charge in [0.2, 0.25) is 0 Å². The fraction of sp³-hybridized carbons (Fsp3) is 0.360. The lowest BCUT2D eigenvalue weighted by Crippen LogP contribution is -2.44. The summed E-state index contributed by atoms with van der Waals surface area (Å²) in [4.78, 5) is 53.5. The lowest BCUT2D eigenvalue weighted by atomic mass is 10.1. The van der Waals surface area contributed by atoms with E-state index in [-0.39, 0.29) is 34.7 Å². The van der Waals surface area contributed by atoms with Gasteiger partial charge in [0, 0.05) is 12.1 Å². The Morgan fingerprint density at radius 1 is 0.909 bits per heavy atom. The number of carbonyl (C=O) groups excluding carboxylic acids is 4. The van der Waals surface area contributed by atoms with E-state index in [4.69, 9.17) is 9.47 Å². The molecule has 0 aliphatic carbocycles. The van der Waals surface area contributed by atoms with E-state index in [9.17, 15) is 19.2 Å². The van der Waals surface area contributed by atoms with Gasteiger partial charge < -0.3 is 14.4 Å². The van der Waals surface area contributed by atoms with E-state index >= 15 is 0 Å². The maximum Gasteiger partial charge on any atom is 0.338 e. The number of nitrogens with zero attached hydrogens (tertiary/aromatic N) is 2. The number of rotatable bonds is 8. The molecule has 0 unspecified atom stereocenters. The van der Waals surface area contributed by atoms with Crippen LogP contribution >= 0.6 is 0 Å². The van der Waals surface area contributed by atoms with Crippen LogP contribution in [-0.2, 0) is 9.53 Å². The number of benzene rings is 2. The maximum absolute atomic E-state index is 13.0. The molecule has 1 aliphatic heterocycles. The minimum absolute atomic E-state index is 0.0339. The summed E-state index contributed by atoms with van der Waals surface area (Å²) in [6.45, 7) is 9.51. The predicted octanol–water partition coefficient (Wildman–Crippen LogP) is 3.69. The summed E-state index contributed by atoms with van der Waals surface area (Å²) < 4.78 is 10.6. The number of ether oxygens (including phenoxy) is 2. The molecular formula is C25H28N2O6. The first-order valence-electron chi connectivity index (χ1n) is 10.9. The van der Waals surface area contributed by atoms with Crippen LogP contribution in [0.5, 0.6) is 5.75 Å². The SMILES string of the molecule is CCOc1ccc(N2C(=O)c3ccc(C(=O)OCC(=O)N(C(C)C)C(C)C)cc3C2=O)cc1. The Hall–Kier alpha value is -3.68. The van der Waals surface area contributed by atoms with Crippen molar-refractivity contribution in [1.29, 1.82) is 0 Å². The highest BCUT2D eigenvalue weighted by Crippen LogP contribution is 2.30. The quantitative estimate of drug-likeness (QED) is 0.448. The van der Waals surface area contributed by atoms with Crippen molar-refractivity contribution in [2.75, 3.05) is 18.1 Å². The highest BCUT2D eigenvalue weighted by molar-refractivity contribution is 6.34. The van der Waals surface area contributed by atoms with E-state index in [1.807, 2.05) is 34.6 Å². The Morgan fingerprint density at radius 2 is 1.52 bits per heavy atom. The second-order valence-corrected chi connectivity index (χ2v) is 8.20. The van der Waals surface area contributed by atoms with Crippen LogP contribution in [0.25, 0.3) is 0 Å². The molecule has 33 heavy (non-hydrogen) atoms. The number of hydrogen-bond acceptors (Lipinski definition) is 6. The topological polar surface area (TPSA) is 93.2 Å². The first kappa shape index (κ1) is 24.0. The van der Waals surface area contributed by atoms with Gasteiger partial charge in [-0.25, -0.2) is 9.69 Å². The standard InChI is InChI=1S/C25H28N2O6/c1-6-32-19-10-8-18(9-11-19)27-23(29)20-12-7-17(13-21(20)24(27)30)25(31)33-14-22(28)26(15(2)3)16(4)5/h7-13,15-16H,6,14H2,1-5H3. The van der Waals surface area contributed by atoms with E-state index in [0.717, 1.165) is 4.90 Å². The molecule has 2 aromatic carbocycles. The third-order valence-corrected chi connectivity index (χ3v) is 5.26.